The van der Waals surface area contributed by atoms with Crippen molar-refractivity contribution < 1.29 is 8.42 Å². The lowest BCUT2D eigenvalue weighted by Crippen LogP contribution is -2.14. The second-order valence-electron chi connectivity index (χ2n) is 5.65. The molecule has 0 saturated heterocycles. The summed E-state index contributed by atoms with van der Waals surface area (Å²) in [5.74, 6) is 0. The molecule has 0 amide bonds. The summed E-state index contributed by atoms with van der Waals surface area (Å²) in [7, 11) is 0.149. The highest BCUT2D eigenvalue weighted by Crippen LogP contribution is 2.31. The lowest BCUT2D eigenvalue weighted by Gasteiger charge is -2.17. The van der Waals surface area contributed by atoms with Gasteiger partial charge in [-0.25, -0.2) is 8.42 Å². The Morgan fingerprint density at radius 2 is 1.54 bits per heavy atom. The minimum atomic E-state index is -3.72. The molecule has 0 aliphatic carbocycles. The van der Waals surface area contributed by atoms with Crippen LogP contribution in [0.5, 0.6) is 0 Å². The van der Waals surface area contributed by atoms with E-state index in [1.54, 1.807) is 36.4 Å². The quantitative estimate of drug-likeness (QED) is 0.693. The smallest absolute Gasteiger partial charge is 0.262 e. The van der Waals surface area contributed by atoms with Crippen LogP contribution in [0.3, 0.4) is 0 Å². The molecule has 1 N–H and O–H groups in total. The molecule has 24 heavy (non-hydrogen) atoms. The van der Waals surface area contributed by atoms with Gasteiger partial charge in [0.1, 0.15) is 0 Å². The number of sulfonamides is 1. The number of hydrogen-bond acceptors (Lipinski definition) is 4. The Hall–Kier alpha value is -2.18. The van der Waals surface area contributed by atoms with Crippen molar-refractivity contribution in [2.24, 2.45) is 0 Å². The Morgan fingerprint density at radius 1 is 0.875 bits per heavy atom. The number of nitrogens with one attached hydrogen (secondary N) is 1. The van der Waals surface area contributed by atoms with Crippen molar-refractivity contribution >= 4 is 44.8 Å². The molecule has 0 bridgehead atoms. The number of anilines is 2. The molecule has 0 spiro atoms. The first-order valence-electron chi connectivity index (χ1n) is 7.40. The first-order chi connectivity index (χ1) is 11.4. The van der Waals surface area contributed by atoms with Gasteiger partial charge < -0.3 is 4.90 Å². The van der Waals surface area contributed by atoms with E-state index in [9.17, 15) is 8.42 Å². The fourth-order valence-electron chi connectivity index (χ4n) is 2.65. The number of thiol groups is 1. The summed E-state index contributed by atoms with van der Waals surface area (Å²) >= 11 is 4.31. The summed E-state index contributed by atoms with van der Waals surface area (Å²) < 4.78 is 28.4. The van der Waals surface area contributed by atoms with Crippen molar-refractivity contribution in [3.05, 3.63) is 60.7 Å². The number of benzene rings is 3. The molecule has 6 heteroatoms. The monoisotopic (exact) mass is 358 g/mol. The highest BCUT2D eigenvalue weighted by atomic mass is 32.2. The van der Waals surface area contributed by atoms with Crippen LogP contribution in [0.2, 0.25) is 0 Å². The number of fused-ring (bicyclic) bond motifs is 1. The topological polar surface area (TPSA) is 49.4 Å². The van der Waals surface area contributed by atoms with Gasteiger partial charge in [0.15, 0.2) is 0 Å². The van der Waals surface area contributed by atoms with E-state index in [1.807, 2.05) is 43.3 Å². The first-order valence-corrected chi connectivity index (χ1v) is 9.33. The SMILES string of the molecule is CN(C)c1cccc2c(S(=O)(=O)Nc3ccccc3S)cccc12. The molecule has 0 heterocycles. The molecule has 3 aromatic carbocycles. The maximum atomic E-state index is 12.9. The molecule has 0 aromatic heterocycles. The van der Waals surface area contributed by atoms with Crippen LogP contribution in [0.15, 0.2) is 70.5 Å². The molecule has 0 fully saturated rings. The van der Waals surface area contributed by atoms with Crippen LogP contribution in [-0.4, -0.2) is 22.5 Å². The first kappa shape index (κ1) is 16.7. The Kier molecular flexibility index (Phi) is 4.43. The van der Waals surface area contributed by atoms with Crippen molar-refractivity contribution in [2.45, 2.75) is 9.79 Å². The van der Waals surface area contributed by atoms with Crippen molar-refractivity contribution in [3.63, 3.8) is 0 Å². The van der Waals surface area contributed by atoms with E-state index in [2.05, 4.69) is 17.4 Å². The van der Waals surface area contributed by atoms with Crippen LogP contribution in [0.4, 0.5) is 11.4 Å². The summed E-state index contributed by atoms with van der Waals surface area (Å²) in [6.07, 6.45) is 0. The Labute approximate surface area is 147 Å². The van der Waals surface area contributed by atoms with Crippen LogP contribution in [-0.2, 0) is 10.0 Å². The van der Waals surface area contributed by atoms with Gasteiger partial charge in [0.25, 0.3) is 10.0 Å². The van der Waals surface area contributed by atoms with Crippen molar-refractivity contribution in [1.82, 2.24) is 0 Å². The van der Waals surface area contributed by atoms with Gasteiger partial charge in [0.2, 0.25) is 0 Å². The van der Waals surface area contributed by atoms with Crippen molar-refractivity contribution in [3.8, 4) is 0 Å². The standard InChI is InChI=1S/C18H18N2O2S2/c1-20(2)16-10-5-8-14-13(16)7-6-12-18(14)24(21,22)19-15-9-3-4-11-17(15)23/h3-12,19,23H,1-2H3. The summed E-state index contributed by atoms with van der Waals surface area (Å²) in [6.45, 7) is 0. The number of rotatable bonds is 4. The Morgan fingerprint density at radius 3 is 2.25 bits per heavy atom. The van der Waals surface area contributed by atoms with Gasteiger partial charge >= 0.3 is 0 Å². The zero-order valence-corrected chi connectivity index (χ0v) is 15.1. The Bertz CT molecular complexity index is 999. The highest BCUT2D eigenvalue weighted by Gasteiger charge is 2.19. The molecule has 0 aliphatic rings. The lowest BCUT2D eigenvalue weighted by atomic mass is 10.1. The molecule has 4 nitrogen and oxygen atoms in total. The zero-order chi connectivity index (χ0) is 17.3. The van der Waals surface area contributed by atoms with E-state index >= 15 is 0 Å². The molecule has 0 radical (unpaired) electrons. The highest BCUT2D eigenvalue weighted by molar-refractivity contribution is 7.93. The van der Waals surface area contributed by atoms with Gasteiger partial charge in [-0.2, -0.15) is 0 Å². The maximum absolute atomic E-state index is 12.9. The molecule has 3 aromatic rings. The average molecular weight is 358 g/mol. The second-order valence-corrected chi connectivity index (χ2v) is 7.78. The van der Waals surface area contributed by atoms with E-state index in [-0.39, 0.29) is 4.90 Å². The second kappa shape index (κ2) is 6.37. The van der Waals surface area contributed by atoms with Gasteiger partial charge in [-0.1, -0.05) is 36.4 Å². The Balaban J connectivity index is 2.15. The van der Waals surface area contributed by atoms with Crippen LogP contribution in [0.25, 0.3) is 10.8 Å². The van der Waals surface area contributed by atoms with Crippen molar-refractivity contribution in [2.75, 3.05) is 23.7 Å². The number of nitrogens with zero attached hydrogens (tertiary/aromatic N) is 1. The van der Waals surface area contributed by atoms with E-state index < -0.39 is 10.0 Å². The molecular weight excluding hydrogens is 340 g/mol. The normalized spacial score (nSPS) is 11.5. The average Bonchev–Trinajstić information content (AvgIpc) is 2.55. The largest absolute Gasteiger partial charge is 0.377 e. The third-order valence-corrected chi connectivity index (χ3v) is 5.59. The lowest BCUT2D eigenvalue weighted by molar-refractivity contribution is 0.602. The van der Waals surface area contributed by atoms with Crippen molar-refractivity contribution in [1.29, 1.82) is 0 Å². The third-order valence-electron chi connectivity index (χ3n) is 3.78. The van der Waals surface area contributed by atoms with Crippen LogP contribution in [0, 0.1) is 0 Å². The molecule has 0 saturated carbocycles. The number of hydrogen-bond donors (Lipinski definition) is 2. The van der Waals surface area contributed by atoms with E-state index in [0.29, 0.717) is 16.0 Å². The van der Waals surface area contributed by atoms with Crippen LogP contribution in [0.1, 0.15) is 0 Å². The minimum Gasteiger partial charge on any atom is -0.377 e. The predicted molar refractivity (Wildman–Crippen MR) is 103 cm³/mol. The van der Waals surface area contributed by atoms with Crippen LogP contribution < -0.4 is 9.62 Å². The summed E-state index contributed by atoms with van der Waals surface area (Å²) in [5.41, 5.74) is 1.43. The van der Waals surface area contributed by atoms with E-state index in [0.717, 1.165) is 11.1 Å². The van der Waals surface area contributed by atoms with Gasteiger partial charge in [0, 0.05) is 35.5 Å². The fraction of sp³-hybridized carbons (Fsp3) is 0.111. The van der Waals surface area contributed by atoms with Crippen LogP contribution >= 0.6 is 12.6 Å². The third kappa shape index (κ3) is 3.07. The van der Waals surface area contributed by atoms with Gasteiger partial charge in [-0.3, -0.25) is 4.72 Å². The molecule has 0 atom stereocenters. The summed E-state index contributed by atoms with van der Waals surface area (Å²) in [6, 6.07) is 18.0. The van der Waals surface area contributed by atoms with Gasteiger partial charge in [0.05, 0.1) is 10.6 Å². The molecule has 124 valence electrons. The molecule has 0 unspecified atom stereocenters. The molecule has 3 rings (SSSR count). The maximum Gasteiger partial charge on any atom is 0.262 e. The number of para-hydroxylation sites is 1. The van der Waals surface area contributed by atoms with E-state index in [4.69, 9.17) is 0 Å². The van der Waals surface area contributed by atoms with E-state index in [1.165, 1.54) is 0 Å². The zero-order valence-electron chi connectivity index (χ0n) is 13.4. The summed E-state index contributed by atoms with van der Waals surface area (Å²) in [4.78, 5) is 2.80. The summed E-state index contributed by atoms with van der Waals surface area (Å²) in [5, 5.41) is 1.58. The molecule has 0 aliphatic heterocycles. The predicted octanol–water partition coefficient (Wildman–Crippen LogP) is 4.00. The minimum absolute atomic E-state index is 0.250. The van der Waals surface area contributed by atoms with Gasteiger partial charge in [-0.15, -0.1) is 12.6 Å². The molecular formula is C18H18N2O2S2. The van der Waals surface area contributed by atoms with Gasteiger partial charge in [-0.05, 0) is 24.3 Å². The fourth-order valence-corrected chi connectivity index (χ4v) is 4.24.